The van der Waals surface area contributed by atoms with Gasteiger partial charge in [0, 0.05) is 11.3 Å². The van der Waals surface area contributed by atoms with Crippen LogP contribution in [0.5, 0.6) is 5.75 Å². The van der Waals surface area contributed by atoms with Crippen LogP contribution in [-0.2, 0) is 11.2 Å². The fourth-order valence-corrected chi connectivity index (χ4v) is 2.28. The third-order valence-electron chi connectivity index (χ3n) is 3.44. The molecule has 0 unspecified atom stereocenters. The van der Waals surface area contributed by atoms with Crippen molar-refractivity contribution < 1.29 is 14.1 Å². The van der Waals surface area contributed by atoms with Crippen molar-refractivity contribution in [1.82, 2.24) is 10.1 Å². The zero-order valence-corrected chi connectivity index (χ0v) is 13.4. The molecule has 0 spiro atoms. The second kappa shape index (κ2) is 6.95. The fourth-order valence-electron chi connectivity index (χ4n) is 2.28. The van der Waals surface area contributed by atoms with Gasteiger partial charge >= 0.3 is 0 Å². The van der Waals surface area contributed by atoms with Crippen LogP contribution in [0.2, 0.25) is 0 Å². The zero-order valence-electron chi connectivity index (χ0n) is 13.4. The Balaban J connectivity index is 1.67. The predicted octanol–water partition coefficient (Wildman–Crippen LogP) is 3.23. The highest BCUT2D eigenvalue weighted by molar-refractivity contribution is 5.92. The Bertz CT molecular complexity index is 841. The van der Waals surface area contributed by atoms with Crippen molar-refractivity contribution in [2.24, 2.45) is 0 Å². The Kier molecular flexibility index (Phi) is 4.56. The highest BCUT2D eigenvalue weighted by atomic mass is 16.5. The summed E-state index contributed by atoms with van der Waals surface area (Å²) in [6.45, 7) is 1.76. The number of carbonyl (C=O) groups is 1. The van der Waals surface area contributed by atoms with Crippen LogP contribution < -0.4 is 10.1 Å². The molecular weight excluding hydrogens is 306 g/mol. The maximum Gasteiger partial charge on any atom is 0.257 e. The van der Waals surface area contributed by atoms with Crippen LogP contribution >= 0.6 is 0 Å². The minimum absolute atomic E-state index is 0.0981. The Morgan fingerprint density at radius 2 is 2.00 bits per heavy atom. The number of aromatic nitrogens is 2. The largest absolute Gasteiger partial charge is 0.497 e. The highest BCUT2D eigenvalue weighted by Crippen LogP contribution is 2.21. The Labute approximate surface area is 139 Å². The van der Waals surface area contributed by atoms with Crippen LogP contribution in [0.3, 0.4) is 0 Å². The number of benzene rings is 2. The second-order valence-corrected chi connectivity index (χ2v) is 5.30. The van der Waals surface area contributed by atoms with Gasteiger partial charge in [0.25, 0.3) is 5.89 Å². The van der Waals surface area contributed by atoms with Crippen LogP contribution in [-0.4, -0.2) is 23.2 Å². The lowest BCUT2D eigenvalue weighted by molar-refractivity contribution is -0.115. The van der Waals surface area contributed by atoms with Gasteiger partial charge < -0.3 is 14.6 Å². The van der Waals surface area contributed by atoms with Gasteiger partial charge in [-0.2, -0.15) is 4.98 Å². The summed E-state index contributed by atoms with van der Waals surface area (Å²) in [7, 11) is 1.61. The number of anilines is 1. The van der Waals surface area contributed by atoms with Gasteiger partial charge in [0.1, 0.15) is 5.75 Å². The van der Waals surface area contributed by atoms with Gasteiger partial charge in [-0.15, -0.1) is 0 Å². The average Bonchev–Trinajstić information content (AvgIpc) is 3.02. The Hall–Kier alpha value is -3.15. The number of hydrogen-bond donors (Lipinski definition) is 1. The number of ether oxygens (including phenoxy) is 1. The molecule has 0 saturated carbocycles. The van der Waals surface area contributed by atoms with Gasteiger partial charge in [0.2, 0.25) is 5.91 Å². The molecule has 0 radical (unpaired) electrons. The number of nitrogens with one attached hydrogen (secondary N) is 1. The molecule has 122 valence electrons. The van der Waals surface area contributed by atoms with E-state index in [2.05, 4.69) is 15.5 Å². The van der Waals surface area contributed by atoms with Gasteiger partial charge in [0.15, 0.2) is 5.82 Å². The molecule has 0 fully saturated rings. The van der Waals surface area contributed by atoms with Crippen molar-refractivity contribution in [3.8, 4) is 17.2 Å². The van der Waals surface area contributed by atoms with Crippen LogP contribution in [0.4, 0.5) is 5.69 Å². The first-order valence-corrected chi connectivity index (χ1v) is 7.47. The van der Waals surface area contributed by atoms with Gasteiger partial charge in [-0.1, -0.05) is 23.4 Å². The maximum absolute atomic E-state index is 12.2. The minimum Gasteiger partial charge on any atom is -0.497 e. The van der Waals surface area contributed by atoms with E-state index in [-0.39, 0.29) is 12.3 Å². The van der Waals surface area contributed by atoms with E-state index in [1.807, 2.05) is 42.5 Å². The standard InChI is InChI=1S/C18H17N3O3/c1-12-19-18(24-21-12)14-4-3-5-15(11-14)20-17(22)10-13-6-8-16(23-2)9-7-13/h3-9,11H,10H2,1-2H3,(H,20,22). The molecule has 2 aromatic carbocycles. The van der Waals surface area contributed by atoms with Crippen molar-refractivity contribution >= 4 is 11.6 Å². The highest BCUT2D eigenvalue weighted by Gasteiger charge is 2.09. The molecule has 0 aliphatic carbocycles. The number of rotatable bonds is 5. The number of hydrogen-bond acceptors (Lipinski definition) is 5. The Morgan fingerprint density at radius 3 is 2.67 bits per heavy atom. The zero-order chi connectivity index (χ0) is 16.9. The number of amides is 1. The molecule has 0 atom stereocenters. The number of nitrogens with zero attached hydrogens (tertiary/aromatic N) is 2. The molecule has 6 nitrogen and oxygen atoms in total. The lowest BCUT2D eigenvalue weighted by Gasteiger charge is -2.07. The Morgan fingerprint density at radius 1 is 1.21 bits per heavy atom. The molecular formula is C18H17N3O3. The molecule has 6 heteroatoms. The van der Waals surface area contributed by atoms with E-state index >= 15 is 0 Å². The number of aryl methyl sites for hydroxylation is 1. The smallest absolute Gasteiger partial charge is 0.257 e. The molecule has 1 aromatic heterocycles. The number of methoxy groups -OCH3 is 1. The van der Waals surface area contributed by atoms with Crippen molar-refractivity contribution in [3.63, 3.8) is 0 Å². The van der Waals surface area contributed by atoms with E-state index < -0.39 is 0 Å². The third-order valence-corrected chi connectivity index (χ3v) is 3.44. The summed E-state index contributed by atoms with van der Waals surface area (Å²) in [5.41, 5.74) is 2.36. The van der Waals surface area contributed by atoms with Crippen LogP contribution in [0.15, 0.2) is 53.1 Å². The van der Waals surface area contributed by atoms with E-state index in [0.717, 1.165) is 16.9 Å². The minimum atomic E-state index is -0.0981. The average molecular weight is 323 g/mol. The van der Waals surface area contributed by atoms with Crippen molar-refractivity contribution in [3.05, 3.63) is 59.9 Å². The van der Waals surface area contributed by atoms with E-state index in [1.54, 1.807) is 20.1 Å². The monoisotopic (exact) mass is 323 g/mol. The van der Waals surface area contributed by atoms with E-state index in [9.17, 15) is 4.79 Å². The summed E-state index contributed by atoms with van der Waals surface area (Å²) in [6, 6.07) is 14.7. The van der Waals surface area contributed by atoms with Crippen LogP contribution in [0.25, 0.3) is 11.5 Å². The summed E-state index contributed by atoms with van der Waals surface area (Å²) in [5.74, 6) is 1.67. The molecule has 0 aliphatic heterocycles. The van der Waals surface area contributed by atoms with Crippen molar-refractivity contribution in [1.29, 1.82) is 0 Å². The number of carbonyl (C=O) groups excluding carboxylic acids is 1. The lowest BCUT2D eigenvalue weighted by Crippen LogP contribution is -2.14. The normalized spacial score (nSPS) is 10.4. The van der Waals surface area contributed by atoms with Crippen LogP contribution in [0, 0.1) is 6.92 Å². The molecule has 1 amide bonds. The first-order valence-electron chi connectivity index (χ1n) is 7.47. The molecule has 0 bridgehead atoms. The molecule has 3 aromatic rings. The molecule has 24 heavy (non-hydrogen) atoms. The van der Waals surface area contributed by atoms with Gasteiger partial charge in [-0.25, -0.2) is 0 Å². The second-order valence-electron chi connectivity index (χ2n) is 5.30. The molecule has 0 aliphatic rings. The molecule has 3 rings (SSSR count). The van der Waals surface area contributed by atoms with E-state index in [0.29, 0.717) is 17.4 Å². The summed E-state index contributed by atoms with van der Waals surface area (Å²) < 4.78 is 10.2. The van der Waals surface area contributed by atoms with Gasteiger partial charge in [0.05, 0.1) is 13.5 Å². The van der Waals surface area contributed by atoms with E-state index in [1.165, 1.54) is 0 Å². The topological polar surface area (TPSA) is 77.2 Å². The first kappa shape index (κ1) is 15.7. The summed E-state index contributed by atoms with van der Waals surface area (Å²) in [4.78, 5) is 16.4. The molecule has 1 heterocycles. The summed E-state index contributed by atoms with van der Waals surface area (Å²) >= 11 is 0. The van der Waals surface area contributed by atoms with Crippen LogP contribution in [0.1, 0.15) is 11.4 Å². The summed E-state index contributed by atoms with van der Waals surface area (Å²) in [6.07, 6.45) is 0.286. The van der Waals surface area contributed by atoms with Crippen molar-refractivity contribution in [2.45, 2.75) is 13.3 Å². The maximum atomic E-state index is 12.2. The van der Waals surface area contributed by atoms with E-state index in [4.69, 9.17) is 9.26 Å². The molecule has 1 N–H and O–H groups in total. The quantitative estimate of drug-likeness (QED) is 0.780. The third kappa shape index (κ3) is 3.78. The molecule has 0 saturated heterocycles. The van der Waals surface area contributed by atoms with Gasteiger partial charge in [-0.3, -0.25) is 4.79 Å². The van der Waals surface area contributed by atoms with Gasteiger partial charge in [-0.05, 0) is 42.8 Å². The predicted molar refractivity (Wildman–Crippen MR) is 89.8 cm³/mol. The summed E-state index contributed by atoms with van der Waals surface area (Å²) in [5, 5.41) is 6.65. The lowest BCUT2D eigenvalue weighted by atomic mass is 10.1. The first-order chi connectivity index (χ1) is 11.6. The van der Waals surface area contributed by atoms with Crippen molar-refractivity contribution in [2.75, 3.05) is 12.4 Å². The fraction of sp³-hybridized carbons (Fsp3) is 0.167. The SMILES string of the molecule is COc1ccc(CC(=O)Nc2cccc(-c3nc(C)no3)c2)cc1.